The third-order valence-electron chi connectivity index (χ3n) is 9.85. The molecule has 1 saturated carbocycles. The number of hydrogen-bond donors (Lipinski definition) is 1. The van der Waals surface area contributed by atoms with Gasteiger partial charge in [-0.05, 0) is 42.7 Å². The number of aryl methyl sites for hydroxylation is 1. The number of carbonyl (C=O) groups is 3. The third kappa shape index (κ3) is 7.02. The molecular weight excluding hydrogens is 518 g/mol. The lowest BCUT2D eigenvalue weighted by Gasteiger charge is -2.45. The zero-order chi connectivity index (χ0) is 28.8. The molecule has 3 atom stereocenters. The summed E-state index contributed by atoms with van der Waals surface area (Å²) in [5.41, 5.74) is 1.04. The normalized spacial score (nSPS) is 20.9. The molecule has 1 N–H and O–H groups in total. The Hall–Kier alpha value is -3.16. The van der Waals surface area contributed by atoms with Gasteiger partial charge in [0, 0.05) is 44.3 Å². The van der Waals surface area contributed by atoms with Gasteiger partial charge in [-0.15, -0.1) is 0 Å². The molecule has 1 aromatic heterocycles. The van der Waals surface area contributed by atoms with Crippen LogP contribution in [0.1, 0.15) is 101 Å². The van der Waals surface area contributed by atoms with E-state index in [4.69, 9.17) is 9.26 Å². The zero-order valence-electron chi connectivity index (χ0n) is 24.6. The highest BCUT2D eigenvalue weighted by atomic mass is 16.5. The van der Waals surface area contributed by atoms with E-state index in [2.05, 4.69) is 36.5 Å². The quantitative estimate of drug-likeness (QED) is 0.395. The van der Waals surface area contributed by atoms with Crippen molar-refractivity contribution in [3.63, 3.8) is 0 Å². The lowest BCUT2D eigenvalue weighted by molar-refractivity contribution is -0.143. The lowest BCUT2D eigenvalue weighted by Crippen LogP contribution is -2.53. The van der Waals surface area contributed by atoms with Crippen molar-refractivity contribution >= 4 is 17.6 Å². The number of nitrogens with zero attached hydrogens (tertiary/aromatic N) is 2. The molecule has 0 radical (unpaired) electrons. The second-order valence-corrected chi connectivity index (χ2v) is 12.5. The summed E-state index contributed by atoms with van der Waals surface area (Å²) in [7, 11) is 0. The van der Waals surface area contributed by atoms with Gasteiger partial charge >= 0.3 is 0 Å². The first-order chi connectivity index (χ1) is 19.9. The number of aromatic nitrogens is 1. The van der Waals surface area contributed by atoms with Gasteiger partial charge in [0.25, 0.3) is 5.91 Å². The van der Waals surface area contributed by atoms with Gasteiger partial charge in [0.05, 0.1) is 12.2 Å². The Morgan fingerprint density at radius 2 is 1.83 bits per heavy atom. The fourth-order valence-corrected chi connectivity index (χ4v) is 6.94. The van der Waals surface area contributed by atoms with E-state index in [1.54, 1.807) is 0 Å². The Balaban J connectivity index is 1.24. The average Bonchev–Trinajstić information content (AvgIpc) is 3.55. The fraction of sp³-hybridized carbons (Fsp3) is 0.636. The van der Waals surface area contributed by atoms with E-state index in [1.807, 2.05) is 17.0 Å². The number of para-hydroxylation sites is 1. The first-order valence-electron chi connectivity index (χ1n) is 15.7. The number of fused-ring (bicyclic) bond motifs is 1. The molecule has 1 aromatic carbocycles. The summed E-state index contributed by atoms with van der Waals surface area (Å²) >= 11 is 0. The molecule has 2 aromatic rings. The monoisotopic (exact) mass is 563 g/mol. The molecule has 5 rings (SSSR count). The molecule has 222 valence electrons. The topological polar surface area (TPSA) is 102 Å². The largest absolute Gasteiger partial charge is 0.487 e. The van der Waals surface area contributed by atoms with Crippen LogP contribution in [0.3, 0.4) is 0 Å². The zero-order valence-corrected chi connectivity index (χ0v) is 24.6. The molecule has 0 bridgehead atoms. The molecule has 2 fully saturated rings. The van der Waals surface area contributed by atoms with E-state index in [1.165, 1.54) is 24.2 Å². The highest BCUT2D eigenvalue weighted by molar-refractivity contribution is 5.97. The number of likely N-dealkylation sites (tertiary alicyclic amines) is 1. The molecular formula is C33H45N3O5. The molecule has 8 nitrogen and oxygen atoms in total. The van der Waals surface area contributed by atoms with Crippen molar-refractivity contribution in [2.45, 2.75) is 103 Å². The van der Waals surface area contributed by atoms with Crippen LogP contribution >= 0.6 is 0 Å². The van der Waals surface area contributed by atoms with Crippen LogP contribution in [-0.2, 0) is 16.0 Å². The van der Waals surface area contributed by atoms with Gasteiger partial charge < -0.3 is 19.5 Å². The molecule has 1 aliphatic carbocycles. The SMILES string of the molecule is CC[C@H](C)[C@H](CC(=O)[C@H](CC1CCCCC1)NC(=O)c1ccno1)C(=O)N1CCC2(CCc3ccccc3O2)CC1. The van der Waals surface area contributed by atoms with E-state index >= 15 is 0 Å². The van der Waals surface area contributed by atoms with Crippen LogP contribution in [0.2, 0.25) is 0 Å². The summed E-state index contributed by atoms with van der Waals surface area (Å²) < 4.78 is 11.6. The highest BCUT2D eigenvalue weighted by Gasteiger charge is 2.42. The van der Waals surface area contributed by atoms with E-state index in [0.29, 0.717) is 25.4 Å². The molecule has 1 spiro atoms. The molecule has 2 amide bonds. The molecule has 3 aliphatic rings. The van der Waals surface area contributed by atoms with Crippen molar-refractivity contribution in [2.24, 2.45) is 17.8 Å². The number of carbonyl (C=O) groups excluding carboxylic acids is 3. The van der Waals surface area contributed by atoms with Gasteiger partial charge in [-0.25, -0.2) is 0 Å². The van der Waals surface area contributed by atoms with E-state index in [0.717, 1.165) is 63.5 Å². The van der Waals surface area contributed by atoms with Gasteiger partial charge in [-0.2, -0.15) is 0 Å². The molecule has 1 saturated heterocycles. The third-order valence-corrected chi connectivity index (χ3v) is 9.85. The molecule has 0 unspecified atom stereocenters. The van der Waals surface area contributed by atoms with Crippen molar-refractivity contribution < 1.29 is 23.6 Å². The number of rotatable bonds is 10. The highest BCUT2D eigenvalue weighted by Crippen LogP contribution is 2.40. The average molecular weight is 564 g/mol. The Morgan fingerprint density at radius 3 is 2.54 bits per heavy atom. The first-order valence-corrected chi connectivity index (χ1v) is 15.7. The van der Waals surface area contributed by atoms with Crippen molar-refractivity contribution in [1.82, 2.24) is 15.4 Å². The van der Waals surface area contributed by atoms with Crippen LogP contribution in [-0.4, -0.2) is 52.4 Å². The van der Waals surface area contributed by atoms with Crippen LogP contribution in [0.15, 0.2) is 41.1 Å². The molecule has 2 aliphatic heterocycles. The maximum absolute atomic E-state index is 13.9. The van der Waals surface area contributed by atoms with Crippen molar-refractivity contribution in [2.75, 3.05) is 13.1 Å². The smallest absolute Gasteiger partial charge is 0.290 e. The van der Waals surface area contributed by atoms with E-state index < -0.39 is 17.9 Å². The summed E-state index contributed by atoms with van der Waals surface area (Å²) in [5.74, 6) is 0.655. The summed E-state index contributed by atoms with van der Waals surface area (Å²) in [6.45, 7) is 5.40. The number of amides is 2. The summed E-state index contributed by atoms with van der Waals surface area (Å²) in [5, 5.41) is 6.56. The van der Waals surface area contributed by atoms with Gasteiger partial charge in [-0.1, -0.05) is 75.7 Å². The number of piperidine rings is 1. The van der Waals surface area contributed by atoms with Gasteiger partial charge in [0.15, 0.2) is 5.78 Å². The maximum atomic E-state index is 13.9. The second-order valence-electron chi connectivity index (χ2n) is 12.5. The van der Waals surface area contributed by atoms with Crippen molar-refractivity contribution in [1.29, 1.82) is 0 Å². The maximum Gasteiger partial charge on any atom is 0.290 e. The summed E-state index contributed by atoms with van der Waals surface area (Å²) in [6, 6.07) is 9.10. The fourth-order valence-electron chi connectivity index (χ4n) is 6.94. The molecule has 3 heterocycles. The lowest BCUT2D eigenvalue weighted by atomic mass is 9.79. The standard InChI is InChI=1S/C33H45N3O5/c1-3-23(2)26(32(39)36-19-16-33(17-20-36)15-13-25-11-7-8-12-29(25)40-33)22-28(37)27(21-24-9-5-4-6-10-24)35-31(38)30-14-18-34-41-30/h7-8,11-12,14,18,23-24,26-27H,3-6,9-10,13,15-17,19-22H2,1-2H3,(H,35,38)/t23-,26-,27-/m0/s1. The Kier molecular flexibility index (Phi) is 9.46. The predicted molar refractivity (Wildman–Crippen MR) is 155 cm³/mol. The molecule has 41 heavy (non-hydrogen) atoms. The van der Waals surface area contributed by atoms with Crippen LogP contribution in [0.5, 0.6) is 5.75 Å². The summed E-state index contributed by atoms with van der Waals surface area (Å²) in [6.07, 6.45) is 12.2. The number of hydrogen-bond acceptors (Lipinski definition) is 6. The minimum Gasteiger partial charge on any atom is -0.487 e. The van der Waals surface area contributed by atoms with Gasteiger partial charge in [0.2, 0.25) is 11.7 Å². The predicted octanol–water partition coefficient (Wildman–Crippen LogP) is 5.75. The number of ether oxygens (including phenoxy) is 1. The number of ketones is 1. The number of benzene rings is 1. The Labute approximate surface area is 243 Å². The van der Waals surface area contributed by atoms with Crippen molar-refractivity contribution in [3.8, 4) is 5.75 Å². The molecule has 8 heteroatoms. The van der Waals surface area contributed by atoms with Crippen molar-refractivity contribution in [3.05, 3.63) is 47.9 Å². The van der Waals surface area contributed by atoms with Crippen LogP contribution in [0.4, 0.5) is 0 Å². The number of nitrogens with one attached hydrogen (secondary N) is 1. The minimum absolute atomic E-state index is 0.0525. The van der Waals surface area contributed by atoms with E-state index in [-0.39, 0.29) is 35.4 Å². The van der Waals surface area contributed by atoms with Gasteiger partial charge in [-0.3, -0.25) is 14.4 Å². The number of Topliss-reactive ketones (excluding diaryl/α,β-unsaturated/α-hetero) is 1. The van der Waals surface area contributed by atoms with Crippen LogP contribution in [0.25, 0.3) is 0 Å². The van der Waals surface area contributed by atoms with Gasteiger partial charge in [0.1, 0.15) is 11.4 Å². The van der Waals surface area contributed by atoms with E-state index in [9.17, 15) is 14.4 Å². The minimum atomic E-state index is -0.643. The first kappa shape index (κ1) is 29.3. The Morgan fingerprint density at radius 1 is 1.07 bits per heavy atom. The summed E-state index contributed by atoms with van der Waals surface area (Å²) in [4.78, 5) is 42.6. The van der Waals surface area contributed by atoms with Crippen LogP contribution < -0.4 is 10.1 Å². The second kappa shape index (κ2) is 13.2. The Bertz CT molecular complexity index is 1180. The van der Waals surface area contributed by atoms with Crippen LogP contribution in [0, 0.1) is 17.8 Å².